The summed E-state index contributed by atoms with van der Waals surface area (Å²) >= 11 is 1.13. The summed E-state index contributed by atoms with van der Waals surface area (Å²) in [6.45, 7) is 1.34. The van der Waals surface area contributed by atoms with Crippen LogP contribution in [0.25, 0.3) is 11.3 Å². The maximum Gasteiger partial charge on any atom is 0.337 e. The molecule has 3 aromatic rings. The second-order valence-electron chi connectivity index (χ2n) is 5.94. The van der Waals surface area contributed by atoms with Crippen LogP contribution in [0.1, 0.15) is 27.6 Å². The first-order valence-corrected chi connectivity index (χ1v) is 9.28. The average molecular weight is 413 g/mol. The molecule has 0 aliphatic carbocycles. The fourth-order valence-electron chi connectivity index (χ4n) is 2.53. The standard InChI is InChI=1S/C20H16FN3O4S/c1-11(25)22-14-6-7-15(16(21)9-14)17-10-29-20(23-17)24-18(26)12-4-3-5-13(8-12)19(27)28-2/h3-10H,1-2H3,(H,22,25)(H,23,24,26). The molecule has 2 aromatic carbocycles. The third-order valence-electron chi connectivity index (χ3n) is 3.84. The lowest BCUT2D eigenvalue weighted by atomic mass is 10.1. The minimum atomic E-state index is -0.551. The monoisotopic (exact) mass is 413 g/mol. The molecule has 7 nitrogen and oxygen atoms in total. The molecule has 0 bridgehead atoms. The highest BCUT2D eigenvalue weighted by Gasteiger charge is 2.14. The number of carbonyl (C=O) groups excluding carboxylic acids is 3. The van der Waals surface area contributed by atoms with E-state index in [4.69, 9.17) is 0 Å². The maximum atomic E-state index is 14.4. The summed E-state index contributed by atoms with van der Waals surface area (Å²) in [6, 6.07) is 10.3. The minimum absolute atomic E-state index is 0.239. The quantitative estimate of drug-likeness (QED) is 0.618. The van der Waals surface area contributed by atoms with E-state index in [1.165, 1.54) is 38.3 Å². The van der Waals surface area contributed by atoms with Gasteiger partial charge in [-0.2, -0.15) is 0 Å². The molecule has 1 aromatic heterocycles. The van der Waals surface area contributed by atoms with Crippen molar-refractivity contribution in [2.24, 2.45) is 0 Å². The number of esters is 1. The fourth-order valence-corrected chi connectivity index (χ4v) is 3.24. The molecule has 2 N–H and O–H groups in total. The molecule has 9 heteroatoms. The normalized spacial score (nSPS) is 10.3. The lowest BCUT2D eigenvalue weighted by molar-refractivity contribution is -0.114. The van der Waals surface area contributed by atoms with Gasteiger partial charge < -0.3 is 10.1 Å². The molecule has 0 fully saturated rings. The van der Waals surface area contributed by atoms with E-state index < -0.39 is 17.7 Å². The molecular formula is C20H16FN3O4S. The Kier molecular flexibility index (Phi) is 5.99. The number of amides is 2. The van der Waals surface area contributed by atoms with E-state index in [-0.39, 0.29) is 27.7 Å². The summed E-state index contributed by atoms with van der Waals surface area (Å²) in [7, 11) is 1.26. The fraction of sp³-hybridized carbons (Fsp3) is 0.100. The van der Waals surface area contributed by atoms with Crippen LogP contribution >= 0.6 is 11.3 Å². The lowest BCUT2D eigenvalue weighted by Crippen LogP contribution is -2.13. The van der Waals surface area contributed by atoms with Gasteiger partial charge in [-0.15, -0.1) is 11.3 Å². The van der Waals surface area contributed by atoms with E-state index in [1.54, 1.807) is 23.6 Å². The Morgan fingerprint density at radius 2 is 1.83 bits per heavy atom. The van der Waals surface area contributed by atoms with Crippen LogP contribution in [0.5, 0.6) is 0 Å². The van der Waals surface area contributed by atoms with Crippen molar-refractivity contribution in [3.63, 3.8) is 0 Å². The van der Waals surface area contributed by atoms with E-state index in [0.717, 1.165) is 11.3 Å². The zero-order chi connectivity index (χ0) is 21.0. The zero-order valence-corrected chi connectivity index (χ0v) is 16.3. The van der Waals surface area contributed by atoms with Gasteiger partial charge in [0.15, 0.2) is 5.13 Å². The van der Waals surface area contributed by atoms with E-state index >= 15 is 0 Å². The molecular weight excluding hydrogens is 397 g/mol. The summed E-state index contributed by atoms with van der Waals surface area (Å²) in [5.41, 5.74) is 1.44. The van der Waals surface area contributed by atoms with Crippen molar-refractivity contribution in [3.8, 4) is 11.3 Å². The van der Waals surface area contributed by atoms with Gasteiger partial charge in [-0.05, 0) is 36.4 Å². The molecule has 0 aliphatic rings. The molecule has 3 rings (SSSR count). The Balaban J connectivity index is 1.76. The topological polar surface area (TPSA) is 97.4 Å². The van der Waals surface area contributed by atoms with Crippen molar-refractivity contribution in [1.82, 2.24) is 4.98 Å². The summed E-state index contributed by atoms with van der Waals surface area (Å²) < 4.78 is 19.0. The van der Waals surface area contributed by atoms with Crippen LogP contribution in [0.15, 0.2) is 47.8 Å². The lowest BCUT2D eigenvalue weighted by Gasteiger charge is -2.05. The van der Waals surface area contributed by atoms with Crippen molar-refractivity contribution in [2.75, 3.05) is 17.7 Å². The third-order valence-corrected chi connectivity index (χ3v) is 4.59. The number of ether oxygens (including phenoxy) is 1. The van der Waals surface area contributed by atoms with Crippen LogP contribution in [0, 0.1) is 5.82 Å². The van der Waals surface area contributed by atoms with Gasteiger partial charge in [0.05, 0.1) is 18.4 Å². The average Bonchev–Trinajstić information content (AvgIpc) is 3.15. The molecule has 2 amide bonds. The number of nitrogens with zero attached hydrogens (tertiary/aromatic N) is 1. The smallest absolute Gasteiger partial charge is 0.337 e. The highest BCUT2D eigenvalue weighted by molar-refractivity contribution is 7.14. The number of rotatable bonds is 5. The highest BCUT2D eigenvalue weighted by atomic mass is 32.1. The van der Waals surface area contributed by atoms with Crippen LogP contribution in [0.2, 0.25) is 0 Å². The van der Waals surface area contributed by atoms with Crippen molar-refractivity contribution in [2.45, 2.75) is 6.92 Å². The first-order valence-electron chi connectivity index (χ1n) is 8.40. The molecule has 0 radical (unpaired) electrons. The maximum absolute atomic E-state index is 14.4. The van der Waals surface area contributed by atoms with Crippen LogP contribution in [-0.4, -0.2) is 29.9 Å². The van der Waals surface area contributed by atoms with Crippen LogP contribution in [-0.2, 0) is 9.53 Å². The number of aromatic nitrogens is 1. The largest absolute Gasteiger partial charge is 0.465 e. The predicted molar refractivity (Wildman–Crippen MR) is 108 cm³/mol. The van der Waals surface area contributed by atoms with Gasteiger partial charge in [0.2, 0.25) is 5.91 Å². The predicted octanol–water partition coefficient (Wildman–Crippen LogP) is 3.95. The number of hydrogen-bond donors (Lipinski definition) is 2. The second-order valence-corrected chi connectivity index (χ2v) is 6.80. The van der Waals surface area contributed by atoms with Gasteiger partial charge in [0.1, 0.15) is 5.82 Å². The van der Waals surface area contributed by atoms with Gasteiger partial charge >= 0.3 is 5.97 Å². The first-order chi connectivity index (χ1) is 13.9. The molecule has 0 saturated heterocycles. The molecule has 29 heavy (non-hydrogen) atoms. The Morgan fingerprint density at radius 3 is 2.52 bits per heavy atom. The van der Waals surface area contributed by atoms with E-state index in [2.05, 4.69) is 20.4 Å². The third kappa shape index (κ3) is 4.82. The number of thiazole rings is 1. The molecule has 0 saturated carbocycles. The van der Waals surface area contributed by atoms with Crippen molar-refractivity contribution < 1.29 is 23.5 Å². The van der Waals surface area contributed by atoms with Gasteiger partial charge in [-0.3, -0.25) is 14.9 Å². The molecule has 0 spiro atoms. The summed E-state index contributed by atoms with van der Waals surface area (Å²) in [5, 5.41) is 7.01. The molecule has 1 heterocycles. The van der Waals surface area contributed by atoms with Crippen LogP contribution in [0.4, 0.5) is 15.2 Å². The number of hydrogen-bond acceptors (Lipinski definition) is 6. The van der Waals surface area contributed by atoms with E-state index in [9.17, 15) is 18.8 Å². The Hall–Kier alpha value is -3.59. The SMILES string of the molecule is COC(=O)c1cccc(C(=O)Nc2nc(-c3ccc(NC(C)=O)cc3F)cs2)c1. The van der Waals surface area contributed by atoms with E-state index in [1.807, 2.05) is 0 Å². The van der Waals surface area contributed by atoms with E-state index in [0.29, 0.717) is 11.4 Å². The number of halogens is 1. The number of carbonyl (C=O) groups is 3. The number of methoxy groups -OCH3 is 1. The van der Waals surface area contributed by atoms with Crippen LogP contribution < -0.4 is 10.6 Å². The zero-order valence-electron chi connectivity index (χ0n) is 15.5. The van der Waals surface area contributed by atoms with Gasteiger partial charge in [-0.25, -0.2) is 14.2 Å². The number of benzene rings is 2. The van der Waals surface area contributed by atoms with Gasteiger partial charge in [0, 0.05) is 29.1 Å². The second kappa shape index (κ2) is 8.61. The molecule has 0 aliphatic heterocycles. The number of nitrogens with one attached hydrogen (secondary N) is 2. The van der Waals surface area contributed by atoms with Gasteiger partial charge in [0.25, 0.3) is 5.91 Å². The highest BCUT2D eigenvalue weighted by Crippen LogP contribution is 2.29. The summed E-state index contributed by atoms with van der Waals surface area (Å²) in [5.74, 6) is -1.86. The summed E-state index contributed by atoms with van der Waals surface area (Å²) in [6.07, 6.45) is 0. The van der Waals surface area contributed by atoms with Crippen molar-refractivity contribution in [3.05, 3.63) is 64.8 Å². The summed E-state index contributed by atoms with van der Waals surface area (Å²) in [4.78, 5) is 39.3. The minimum Gasteiger partial charge on any atom is -0.465 e. The molecule has 0 atom stereocenters. The Morgan fingerprint density at radius 1 is 1.07 bits per heavy atom. The Bertz CT molecular complexity index is 1100. The Labute approximate surface area is 169 Å². The van der Waals surface area contributed by atoms with Gasteiger partial charge in [-0.1, -0.05) is 6.07 Å². The van der Waals surface area contributed by atoms with Crippen molar-refractivity contribution >= 4 is 39.9 Å². The van der Waals surface area contributed by atoms with Crippen LogP contribution in [0.3, 0.4) is 0 Å². The number of anilines is 2. The van der Waals surface area contributed by atoms with Crippen molar-refractivity contribution in [1.29, 1.82) is 0 Å². The first kappa shape index (κ1) is 20.2. The molecule has 0 unspecified atom stereocenters. The molecule has 148 valence electrons.